The molecule has 1 saturated carbocycles. The number of hydrogen-bond donors (Lipinski definition) is 1. The van der Waals surface area contributed by atoms with E-state index in [-0.39, 0.29) is 11.8 Å². The van der Waals surface area contributed by atoms with E-state index in [1.165, 1.54) is 25.7 Å². The fourth-order valence-corrected chi connectivity index (χ4v) is 2.76. The van der Waals surface area contributed by atoms with Crippen LogP contribution in [0.3, 0.4) is 0 Å². The van der Waals surface area contributed by atoms with Gasteiger partial charge in [0, 0.05) is 16.8 Å². The molecule has 1 fully saturated rings. The number of carbonyl (C=O) groups excluding carboxylic acids is 1. The molecule has 1 aliphatic rings. The number of hydrogen-bond acceptors (Lipinski definition) is 1. The molecule has 1 amide bonds. The number of halogens is 1. The maximum Gasteiger partial charge on any atom is 0.223 e. The highest BCUT2D eigenvalue weighted by Crippen LogP contribution is 2.24. The Morgan fingerprint density at radius 2 is 1.81 bits per heavy atom. The van der Waals surface area contributed by atoms with Crippen LogP contribution in [0.1, 0.15) is 52.9 Å². The van der Waals surface area contributed by atoms with Crippen molar-refractivity contribution in [3.05, 3.63) is 0 Å². The van der Waals surface area contributed by atoms with Crippen LogP contribution in [0.4, 0.5) is 0 Å². The summed E-state index contributed by atoms with van der Waals surface area (Å²) in [5.41, 5.74) is 0. The molecular formula is C13H24BrNO. The first-order valence-electron chi connectivity index (χ1n) is 6.46. The first-order valence-corrected chi connectivity index (χ1v) is 7.38. The third-order valence-electron chi connectivity index (χ3n) is 3.67. The highest BCUT2D eigenvalue weighted by molar-refractivity contribution is 9.09. The van der Waals surface area contributed by atoms with Gasteiger partial charge in [-0.2, -0.15) is 0 Å². The lowest BCUT2D eigenvalue weighted by Gasteiger charge is -2.24. The zero-order chi connectivity index (χ0) is 12.1. The first-order chi connectivity index (χ1) is 7.52. The zero-order valence-corrected chi connectivity index (χ0v) is 12.2. The third kappa shape index (κ3) is 4.08. The molecule has 2 nitrogen and oxygen atoms in total. The van der Waals surface area contributed by atoms with Gasteiger partial charge in [0.1, 0.15) is 0 Å². The largest absolute Gasteiger partial charge is 0.352 e. The summed E-state index contributed by atoms with van der Waals surface area (Å²) in [6.07, 6.45) is 6.12. The summed E-state index contributed by atoms with van der Waals surface area (Å²) >= 11 is 3.70. The second-order valence-electron chi connectivity index (χ2n) is 5.30. The minimum Gasteiger partial charge on any atom is -0.352 e. The molecule has 94 valence electrons. The molecule has 0 saturated heterocycles. The van der Waals surface area contributed by atoms with Gasteiger partial charge in [-0.1, -0.05) is 56.0 Å². The average molecular weight is 290 g/mol. The second-order valence-corrected chi connectivity index (χ2v) is 6.48. The van der Waals surface area contributed by atoms with Gasteiger partial charge in [0.25, 0.3) is 0 Å². The van der Waals surface area contributed by atoms with E-state index in [4.69, 9.17) is 0 Å². The van der Waals surface area contributed by atoms with Crippen LogP contribution in [0.2, 0.25) is 0 Å². The summed E-state index contributed by atoms with van der Waals surface area (Å²) in [4.78, 5) is 12.4. The molecule has 0 aromatic rings. The van der Waals surface area contributed by atoms with E-state index >= 15 is 0 Å². The predicted molar refractivity (Wildman–Crippen MR) is 71.7 cm³/mol. The molecule has 16 heavy (non-hydrogen) atoms. The SMILES string of the molecule is CC(C)C(C)C(=O)NC1CCCCCC1Br. The molecule has 1 aliphatic carbocycles. The Bertz CT molecular complexity index is 230. The molecule has 0 aromatic heterocycles. The average Bonchev–Trinajstić information content (AvgIpc) is 2.43. The van der Waals surface area contributed by atoms with Crippen LogP contribution < -0.4 is 5.32 Å². The summed E-state index contributed by atoms with van der Waals surface area (Å²) in [7, 11) is 0. The van der Waals surface area contributed by atoms with Crippen molar-refractivity contribution in [2.75, 3.05) is 0 Å². The minimum atomic E-state index is 0.114. The standard InChI is InChI=1S/C13H24BrNO/c1-9(2)10(3)13(16)15-12-8-6-4-5-7-11(12)14/h9-12H,4-8H2,1-3H3,(H,15,16). The maximum atomic E-state index is 12.0. The molecule has 3 unspecified atom stereocenters. The summed E-state index contributed by atoms with van der Waals surface area (Å²) in [5, 5.41) is 3.20. The number of amides is 1. The van der Waals surface area contributed by atoms with Gasteiger partial charge in [-0.25, -0.2) is 0 Å². The van der Waals surface area contributed by atoms with Crippen LogP contribution in [0.5, 0.6) is 0 Å². The summed E-state index contributed by atoms with van der Waals surface area (Å²) in [6, 6.07) is 0.330. The second kappa shape index (κ2) is 6.63. The van der Waals surface area contributed by atoms with Crippen molar-refractivity contribution in [2.24, 2.45) is 11.8 Å². The van der Waals surface area contributed by atoms with Crippen LogP contribution in [-0.4, -0.2) is 16.8 Å². The predicted octanol–water partition coefficient (Wildman–Crippen LogP) is 3.49. The molecule has 0 aromatic carbocycles. The van der Waals surface area contributed by atoms with E-state index in [0.717, 1.165) is 6.42 Å². The monoisotopic (exact) mass is 289 g/mol. The number of nitrogens with one attached hydrogen (secondary N) is 1. The van der Waals surface area contributed by atoms with Gasteiger partial charge < -0.3 is 5.32 Å². The molecule has 3 atom stereocenters. The Balaban J connectivity index is 2.48. The van der Waals surface area contributed by atoms with Crippen molar-refractivity contribution in [3.63, 3.8) is 0 Å². The van der Waals surface area contributed by atoms with Crippen LogP contribution in [-0.2, 0) is 4.79 Å². The zero-order valence-electron chi connectivity index (χ0n) is 10.6. The highest BCUT2D eigenvalue weighted by atomic mass is 79.9. The van der Waals surface area contributed by atoms with Crippen molar-refractivity contribution >= 4 is 21.8 Å². The summed E-state index contributed by atoms with van der Waals surface area (Å²) < 4.78 is 0. The molecule has 0 radical (unpaired) electrons. The first kappa shape index (κ1) is 14.0. The van der Waals surface area contributed by atoms with Gasteiger partial charge in [0.05, 0.1) is 0 Å². The lowest BCUT2D eigenvalue weighted by atomic mass is 9.96. The van der Waals surface area contributed by atoms with E-state index in [1.807, 2.05) is 6.92 Å². The Labute approximate surface area is 108 Å². The van der Waals surface area contributed by atoms with Gasteiger partial charge in [0.15, 0.2) is 0 Å². The summed E-state index contributed by atoms with van der Waals surface area (Å²) in [6.45, 7) is 6.21. The van der Waals surface area contributed by atoms with Gasteiger partial charge in [0.2, 0.25) is 5.91 Å². The number of alkyl halides is 1. The molecule has 0 spiro atoms. The maximum absolute atomic E-state index is 12.0. The lowest BCUT2D eigenvalue weighted by molar-refractivity contribution is -0.126. The van der Waals surface area contributed by atoms with E-state index < -0.39 is 0 Å². The van der Waals surface area contributed by atoms with Crippen molar-refractivity contribution < 1.29 is 4.79 Å². The lowest BCUT2D eigenvalue weighted by Crippen LogP contribution is -2.43. The van der Waals surface area contributed by atoms with E-state index in [2.05, 4.69) is 35.1 Å². The summed E-state index contributed by atoms with van der Waals surface area (Å²) in [5.74, 6) is 0.744. The highest BCUT2D eigenvalue weighted by Gasteiger charge is 2.25. The molecule has 0 aliphatic heterocycles. The smallest absolute Gasteiger partial charge is 0.223 e. The van der Waals surface area contributed by atoms with Gasteiger partial charge in [-0.15, -0.1) is 0 Å². The molecule has 1 rings (SSSR count). The topological polar surface area (TPSA) is 29.1 Å². The fourth-order valence-electron chi connectivity index (χ4n) is 2.04. The molecule has 0 bridgehead atoms. The van der Waals surface area contributed by atoms with Gasteiger partial charge in [-0.3, -0.25) is 4.79 Å². The van der Waals surface area contributed by atoms with Crippen LogP contribution in [0.25, 0.3) is 0 Å². The van der Waals surface area contributed by atoms with Crippen molar-refractivity contribution in [1.82, 2.24) is 5.32 Å². The normalized spacial score (nSPS) is 28.6. The molecule has 0 heterocycles. The number of rotatable bonds is 3. The number of carbonyl (C=O) groups is 1. The van der Waals surface area contributed by atoms with E-state index in [1.54, 1.807) is 0 Å². The van der Waals surface area contributed by atoms with Crippen molar-refractivity contribution in [1.29, 1.82) is 0 Å². The van der Waals surface area contributed by atoms with Crippen LogP contribution in [0, 0.1) is 11.8 Å². The molecule has 3 heteroatoms. The van der Waals surface area contributed by atoms with E-state index in [0.29, 0.717) is 16.8 Å². The van der Waals surface area contributed by atoms with Crippen LogP contribution >= 0.6 is 15.9 Å². The third-order valence-corrected chi connectivity index (χ3v) is 4.77. The van der Waals surface area contributed by atoms with Crippen LogP contribution in [0.15, 0.2) is 0 Å². The Hall–Kier alpha value is -0.0500. The van der Waals surface area contributed by atoms with Gasteiger partial charge in [-0.05, 0) is 18.8 Å². The Kier molecular flexibility index (Phi) is 5.81. The minimum absolute atomic E-state index is 0.114. The van der Waals surface area contributed by atoms with Crippen molar-refractivity contribution in [3.8, 4) is 0 Å². The van der Waals surface area contributed by atoms with Gasteiger partial charge >= 0.3 is 0 Å². The molecule has 1 N–H and O–H groups in total. The van der Waals surface area contributed by atoms with E-state index in [9.17, 15) is 4.79 Å². The fraction of sp³-hybridized carbons (Fsp3) is 0.923. The quantitative estimate of drug-likeness (QED) is 0.625. The Morgan fingerprint density at radius 3 is 2.44 bits per heavy atom. The Morgan fingerprint density at radius 1 is 1.19 bits per heavy atom. The molecular weight excluding hydrogens is 266 g/mol. The van der Waals surface area contributed by atoms with Crippen molar-refractivity contribution in [2.45, 2.75) is 63.7 Å².